The van der Waals surface area contributed by atoms with Gasteiger partial charge in [-0.2, -0.15) is 0 Å². The van der Waals surface area contributed by atoms with Crippen molar-refractivity contribution in [2.24, 2.45) is 5.73 Å². The molecule has 0 atom stereocenters. The fourth-order valence-electron chi connectivity index (χ4n) is 2.20. The van der Waals surface area contributed by atoms with E-state index in [1.54, 1.807) is 0 Å². The van der Waals surface area contributed by atoms with Gasteiger partial charge in [0.2, 0.25) is 0 Å². The summed E-state index contributed by atoms with van der Waals surface area (Å²) in [5, 5.41) is 3.04. The van der Waals surface area contributed by atoms with Crippen LogP contribution >= 0.6 is 0 Å². The number of nitrogens with one attached hydrogen (secondary N) is 1. The van der Waals surface area contributed by atoms with Crippen molar-refractivity contribution in [2.75, 3.05) is 13.1 Å². The predicted octanol–water partition coefficient (Wildman–Crippen LogP) is 2.72. The van der Waals surface area contributed by atoms with Crippen molar-refractivity contribution in [1.29, 1.82) is 0 Å². The Morgan fingerprint density at radius 3 is 1.94 bits per heavy atom. The summed E-state index contributed by atoms with van der Waals surface area (Å²) >= 11 is 0. The Kier molecular flexibility index (Phi) is 6.68. The zero-order chi connectivity index (χ0) is 14.4. The molecule has 0 aromatic heterocycles. The lowest BCUT2D eigenvalue weighted by atomic mass is 9.90. The molecule has 0 aliphatic rings. The van der Waals surface area contributed by atoms with Crippen molar-refractivity contribution < 1.29 is 4.79 Å². The van der Waals surface area contributed by atoms with Crippen LogP contribution in [0.4, 0.5) is 4.79 Å². The van der Waals surface area contributed by atoms with Crippen LogP contribution in [0.1, 0.15) is 60.8 Å². The minimum atomic E-state index is -0.217. The molecule has 0 aliphatic carbocycles. The normalized spacial score (nSPS) is 12.4. The quantitative estimate of drug-likeness (QED) is 0.768. The van der Waals surface area contributed by atoms with Gasteiger partial charge in [-0.1, -0.05) is 20.8 Å². The van der Waals surface area contributed by atoms with Crippen LogP contribution in [0.2, 0.25) is 0 Å². The molecule has 0 bridgehead atoms. The topological polar surface area (TPSA) is 58.4 Å². The highest BCUT2D eigenvalue weighted by molar-refractivity contribution is 5.76. The molecule has 0 saturated heterocycles. The van der Waals surface area contributed by atoms with Gasteiger partial charge in [0, 0.05) is 18.6 Å². The van der Waals surface area contributed by atoms with E-state index < -0.39 is 0 Å². The van der Waals surface area contributed by atoms with Gasteiger partial charge >= 0.3 is 6.03 Å². The molecule has 0 fully saturated rings. The second kappa shape index (κ2) is 6.98. The van der Waals surface area contributed by atoms with Crippen LogP contribution < -0.4 is 11.1 Å². The maximum absolute atomic E-state index is 12.4. The maximum atomic E-state index is 12.4. The third-order valence-electron chi connectivity index (χ3n) is 3.44. The fraction of sp³-hybridized carbons (Fsp3) is 0.929. The van der Waals surface area contributed by atoms with Crippen molar-refractivity contribution in [2.45, 2.75) is 71.9 Å². The van der Waals surface area contributed by atoms with E-state index in [9.17, 15) is 4.79 Å². The fourth-order valence-corrected chi connectivity index (χ4v) is 2.20. The first-order valence-corrected chi connectivity index (χ1v) is 7.06. The van der Waals surface area contributed by atoms with E-state index in [0.717, 1.165) is 25.8 Å². The molecule has 0 radical (unpaired) electrons. The van der Waals surface area contributed by atoms with E-state index in [1.165, 1.54) is 0 Å². The molecular formula is C14H31N3O. The number of urea groups is 1. The standard InChI is InChI=1S/C14H31N3O/c1-7-10-17(12(18)16-13(4,5)6)14(8-2,9-3)11-15/h7-11,15H2,1-6H3,(H,16,18). The van der Waals surface area contributed by atoms with E-state index in [4.69, 9.17) is 5.73 Å². The van der Waals surface area contributed by atoms with Crippen LogP contribution in [0.25, 0.3) is 0 Å². The van der Waals surface area contributed by atoms with Crippen LogP contribution in [0, 0.1) is 0 Å². The Bertz CT molecular complexity index is 246. The largest absolute Gasteiger partial charge is 0.333 e. The lowest BCUT2D eigenvalue weighted by Gasteiger charge is -2.43. The molecule has 0 unspecified atom stereocenters. The first-order chi connectivity index (χ1) is 8.26. The number of nitrogens with two attached hydrogens (primary N) is 1. The first-order valence-electron chi connectivity index (χ1n) is 7.06. The van der Waals surface area contributed by atoms with Gasteiger partial charge in [0.05, 0.1) is 5.54 Å². The molecule has 0 spiro atoms. The van der Waals surface area contributed by atoms with Crippen LogP contribution in [-0.4, -0.2) is 35.1 Å². The number of hydrogen-bond donors (Lipinski definition) is 2. The first kappa shape index (κ1) is 17.2. The van der Waals surface area contributed by atoms with Gasteiger partial charge in [-0.25, -0.2) is 4.79 Å². The second-order valence-electron chi connectivity index (χ2n) is 5.97. The highest BCUT2D eigenvalue weighted by atomic mass is 16.2. The van der Waals surface area contributed by atoms with Gasteiger partial charge in [-0.3, -0.25) is 0 Å². The second-order valence-corrected chi connectivity index (χ2v) is 5.97. The zero-order valence-corrected chi connectivity index (χ0v) is 13.0. The molecule has 0 heterocycles. The molecule has 3 N–H and O–H groups in total. The summed E-state index contributed by atoms with van der Waals surface area (Å²) in [7, 11) is 0. The molecule has 2 amide bonds. The van der Waals surface area contributed by atoms with Gasteiger partial charge in [-0.15, -0.1) is 0 Å². The van der Waals surface area contributed by atoms with Crippen LogP contribution in [0.15, 0.2) is 0 Å². The SMILES string of the molecule is CCCN(C(=O)NC(C)(C)C)C(CC)(CC)CN. The molecule has 0 aromatic carbocycles. The van der Waals surface area contributed by atoms with Gasteiger partial charge in [0.15, 0.2) is 0 Å². The molecule has 4 nitrogen and oxygen atoms in total. The maximum Gasteiger partial charge on any atom is 0.318 e. The number of rotatable bonds is 6. The molecule has 108 valence electrons. The molecule has 4 heteroatoms. The van der Waals surface area contributed by atoms with E-state index in [2.05, 4.69) is 26.1 Å². The number of hydrogen-bond acceptors (Lipinski definition) is 2. The summed E-state index contributed by atoms with van der Waals surface area (Å²) in [6.07, 6.45) is 2.72. The van der Waals surface area contributed by atoms with Crippen LogP contribution in [0.5, 0.6) is 0 Å². The third-order valence-corrected chi connectivity index (χ3v) is 3.44. The summed E-state index contributed by atoms with van der Waals surface area (Å²) in [6.45, 7) is 13.5. The summed E-state index contributed by atoms with van der Waals surface area (Å²) in [6, 6.07) is -0.00139. The molecule has 0 saturated carbocycles. The van der Waals surface area contributed by atoms with Crippen molar-refractivity contribution in [3.05, 3.63) is 0 Å². The highest BCUT2D eigenvalue weighted by Gasteiger charge is 2.35. The Balaban J connectivity index is 5.09. The third kappa shape index (κ3) is 4.48. The lowest BCUT2D eigenvalue weighted by molar-refractivity contribution is 0.103. The number of carbonyl (C=O) groups is 1. The minimum Gasteiger partial charge on any atom is -0.333 e. The van der Waals surface area contributed by atoms with Crippen molar-refractivity contribution >= 4 is 6.03 Å². The number of amides is 2. The zero-order valence-electron chi connectivity index (χ0n) is 13.0. The Morgan fingerprint density at radius 2 is 1.67 bits per heavy atom. The smallest absolute Gasteiger partial charge is 0.318 e. The molecule has 18 heavy (non-hydrogen) atoms. The van der Waals surface area contributed by atoms with Gasteiger partial charge in [0.1, 0.15) is 0 Å². The van der Waals surface area contributed by atoms with Crippen LogP contribution in [0.3, 0.4) is 0 Å². The van der Waals surface area contributed by atoms with Crippen molar-refractivity contribution in [1.82, 2.24) is 10.2 Å². The predicted molar refractivity (Wildman–Crippen MR) is 77.6 cm³/mol. The summed E-state index contributed by atoms with van der Waals surface area (Å²) in [4.78, 5) is 14.4. The van der Waals surface area contributed by atoms with E-state index >= 15 is 0 Å². The average Bonchev–Trinajstić information content (AvgIpc) is 2.28. The monoisotopic (exact) mass is 257 g/mol. The van der Waals surface area contributed by atoms with Gasteiger partial charge in [-0.05, 0) is 40.0 Å². The summed E-state index contributed by atoms with van der Waals surface area (Å²) in [5.41, 5.74) is 5.51. The number of nitrogens with zero attached hydrogens (tertiary/aromatic N) is 1. The molecule has 0 rings (SSSR count). The van der Waals surface area contributed by atoms with Gasteiger partial charge < -0.3 is 16.0 Å². The van der Waals surface area contributed by atoms with Crippen molar-refractivity contribution in [3.8, 4) is 0 Å². The van der Waals surface area contributed by atoms with Crippen molar-refractivity contribution in [3.63, 3.8) is 0 Å². The Hall–Kier alpha value is -0.770. The van der Waals surface area contributed by atoms with E-state index in [-0.39, 0.29) is 17.1 Å². The molecular weight excluding hydrogens is 226 g/mol. The van der Waals surface area contributed by atoms with E-state index in [0.29, 0.717) is 6.54 Å². The number of carbonyl (C=O) groups excluding carboxylic acids is 1. The highest BCUT2D eigenvalue weighted by Crippen LogP contribution is 2.24. The van der Waals surface area contributed by atoms with Crippen LogP contribution in [-0.2, 0) is 0 Å². The summed E-state index contributed by atoms with van der Waals surface area (Å²) in [5.74, 6) is 0. The van der Waals surface area contributed by atoms with Gasteiger partial charge in [0.25, 0.3) is 0 Å². The lowest BCUT2D eigenvalue weighted by Crippen LogP contribution is -2.60. The Labute approximate surface area is 112 Å². The molecule has 0 aromatic rings. The molecule has 0 aliphatic heterocycles. The average molecular weight is 257 g/mol. The minimum absolute atomic E-state index is 0.00139. The Morgan fingerprint density at radius 1 is 1.17 bits per heavy atom. The van der Waals surface area contributed by atoms with E-state index in [1.807, 2.05) is 25.7 Å². The summed E-state index contributed by atoms with van der Waals surface area (Å²) < 4.78 is 0.